The van der Waals surface area contributed by atoms with Crippen molar-refractivity contribution in [3.05, 3.63) is 58.5 Å². The van der Waals surface area contributed by atoms with Gasteiger partial charge in [-0.05, 0) is 43.9 Å². The van der Waals surface area contributed by atoms with E-state index in [4.69, 9.17) is 0 Å². The monoisotopic (exact) mass is 481 g/mol. The number of aldehydes is 1. The number of hydrogen-bond acceptors (Lipinski definition) is 7. The maximum absolute atomic E-state index is 13.0. The number of carbonyl (C=O) groups excluding carboxylic acids is 1. The highest BCUT2D eigenvalue weighted by atomic mass is 32.2. The summed E-state index contributed by atoms with van der Waals surface area (Å²) in [6.45, 7) is 0.706. The summed E-state index contributed by atoms with van der Waals surface area (Å²) in [5.74, 6) is 0.449. The van der Waals surface area contributed by atoms with Crippen LogP contribution in [0, 0.1) is 0 Å². The lowest BCUT2D eigenvalue weighted by atomic mass is 10.1. The third kappa shape index (κ3) is 4.35. The molecule has 0 unspecified atom stereocenters. The van der Waals surface area contributed by atoms with E-state index in [1.807, 2.05) is 0 Å². The first kappa shape index (κ1) is 22.7. The van der Waals surface area contributed by atoms with Gasteiger partial charge in [-0.3, -0.25) is 14.2 Å². The summed E-state index contributed by atoms with van der Waals surface area (Å²) < 4.78 is 29.2. The summed E-state index contributed by atoms with van der Waals surface area (Å²) in [6.07, 6.45) is 7.76. The maximum atomic E-state index is 13.0. The van der Waals surface area contributed by atoms with E-state index < -0.39 is 10.0 Å². The van der Waals surface area contributed by atoms with Gasteiger partial charge in [-0.25, -0.2) is 13.4 Å². The van der Waals surface area contributed by atoms with E-state index in [0.717, 1.165) is 31.1 Å². The third-order valence-electron chi connectivity index (χ3n) is 6.78. The summed E-state index contributed by atoms with van der Waals surface area (Å²) in [6, 6.07) is 9.60. The van der Waals surface area contributed by atoms with Gasteiger partial charge < -0.3 is 5.32 Å². The van der Waals surface area contributed by atoms with Crippen molar-refractivity contribution in [3.63, 3.8) is 0 Å². The largest absolute Gasteiger partial charge is 0.351 e. The fourth-order valence-electron chi connectivity index (χ4n) is 4.94. The van der Waals surface area contributed by atoms with Gasteiger partial charge in [0.1, 0.15) is 11.9 Å². The van der Waals surface area contributed by atoms with Crippen molar-refractivity contribution < 1.29 is 13.2 Å². The van der Waals surface area contributed by atoms with Gasteiger partial charge in [0.15, 0.2) is 0 Å². The SMILES string of the molecule is O=Cc1cccc(S(=O)(=O)N2CCC(Nc3ncc4ccc(=O)n(C5CCCC5)c4n3)CC2)c1. The lowest BCUT2D eigenvalue weighted by Crippen LogP contribution is -2.42. The standard InChI is InChI=1S/C24H27N5O4S/c30-16-17-4-3-7-21(14-17)34(32,33)28-12-10-19(11-13-28)26-24-25-15-18-8-9-22(31)29(23(18)27-24)20-5-1-2-6-20/h3-4,7-9,14-16,19-20H,1-2,5-6,10-13H2,(H,25,26,27). The second-order valence-electron chi connectivity index (χ2n) is 8.97. The molecule has 5 rings (SSSR count). The molecule has 2 aromatic heterocycles. The number of carbonyl (C=O) groups is 1. The Labute approximate surface area is 197 Å². The molecule has 178 valence electrons. The van der Waals surface area contributed by atoms with Crippen LogP contribution in [0.5, 0.6) is 0 Å². The Balaban J connectivity index is 1.31. The van der Waals surface area contributed by atoms with Crippen LogP contribution in [0.25, 0.3) is 11.0 Å². The number of anilines is 1. The maximum Gasteiger partial charge on any atom is 0.252 e. The van der Waals surface area contributed by atoms with E-state index in [0.29, 0.717) is 49.4 Å². The second kappa shape index (κ2) is 9.27. The third-order valence-corrected chi connectivity index (χ3v) is 8.67. The Kier molecular flexibility index (Phi) is 6.18. The molecule has 34 heavy (non-hydrogen) atoms. The molecule has 0 atom stereocenters. The molecule has 10 heteroatoms. The summed E-state index contributed by atoms with van der Waals surface area (Å²) in [7, 11) is -3.66. The highest BCUT2D eigenvalue weighted by Crippen LogP contribution is 2.30. The number of fused-ring (bicyclic) bond motifs is 1. The van der Waals surface area contributed by atoms with E-state index >= 15 is 0 Å². The molecule has 1 aliphatic carbocycles. The molecule has 1 aromatic carbocycles. The number of hydrogen-bond donors (Lipinski definition) is 1. The van der Waals surface area contributed by atoms with Crippen molar-refractivity contribution in [2.75, 3.05) is 18.4 Å². The minimum Gasteiger partial charge on any atom is -0.351 e. The van der Waals surface area contributed by atoms with Crippen LogP contribution in [0.1, 0.15) is 54.9 Å². The Morgan fingerprint density at radius 3 is 2.53 bits per heavy atom. The summed E-state index contributed by atoms with van der Waals surface area (Å²) in [4.78, 5) is 32.9. The zero-order valence-electron chi connectivity index (χ0n) is 18.8. The van der Waals surface area contributed by atoms with E-state index in [1.54, 1.807) is 35.0 Å². The molecule has 1 aliphatic heterocycles. The quantitative estimate of drug-likeness (QED) is 0.538. The van der Waals surface area contributed by atoms with Crippen molar-refractivity contribution in [2.24, 2.45) is 0 Å². The van der Waals surface area contributed by atoms with Crippen LogP contribution in [-0.2, 0) is 10.0 Å². The molecule has 1 saturated carbocycles. The highest BCUT2D eigenvalue weighted by molar-refractivity contribution is 7.89. The molecule has 0 radical (unpaired) electrons. The number of benzene rings is 1. The van der Waals surface area contributed by atoms with Gasteiger partial charge in [-0.1, -0.05) is 25.0 Å². The minimum absolute atomic E-state index is 0.0144. The lowest BCUT2D eigenvalue weighted by Gasteiger charge is -2.31. The average Bonchev–Trinajstić information content (AvgIpc) is 3.38. The highest BCUT2D eigenvalue weighted by Gasteiger charge is 2.30. The Morgan fingerprint density at radius 1 is 1.03 bits per heavy atom. The Hall–Kier alpha value is -3.11. The molecular formula is C24H27N5O4S. The number of aromatic nitrogens is 3. The molecule has 3 aromatic rings. The Bertz CT molecular complexity index is 1370. The molecule has 2 aliphatic rings. The van der Waals surface area contributed by atoms with Crippen LogP contribution in [0.4, 0.5) is 5.95 Å². The summed E-state index contributed by atoms with van der Waals surface area (Å²) in [5.41, 5.74) is 0.940. The zero-order valence-corrected chi connectivity index (χ0v) is 19.6. The molecular weight excluding hydrogens is 454 g/mol. The zero-order chi connectivity index (χ0) is 23.7. The lowest BCUT2D eigenvalue weighted by molar-refractivity contribution is 0.112. The minimum atomic E-state index is -3.66. The molecule has 3 heterocycles. The van der Waals surface area contributed by atoms with Gasteiger partial charge in [0.25, 0.3) is 5.56 Å². The first-order valence-electron chi connectivity index (χ1n) is 11.7. The Morgan fingerprint density at radius 2 is 1.79 bits per heavy atom. The van der Waals surface area contributed by atoms with Gasteiger partial charge in [0, 0.05) is 48.4 Å². The summed E-state index contributed by atoms with van der Waals surface area (Å²) in [5, 5.41) is 4.16. The first-order valence-corrected chi connectivity index (χ1v) is 13.1. The number of pyridine rings is 1. The number of rotatable bonds is 6. The molecule has 0 bridgehead atoms. The van der Waals surface area contributed by atoms with Gasteiger partial charge in [0.2, 0.25) is 16.0 Å². The van der Waals surface area contributed by atoms with Crippen LogP contribution in [0.2, 0.25) is 0 Å². The van der Waals surface area contributed by atoms with Crippen LogP contribution in [0.15, 0.2) is 52.3 Å². The van der Waals surface area contributed by atoms with Crippen molar-refractivity contribution >= 4 is 33.3 Å². The van der Waals surface area contributed by atoms with Gasteiger partial charge in [-0.2, -0.15) is 9.29 Å². The van der Waals surface area contributed by atoms with Crippen LogP contribution in [-0.4, -0.2) is 52.7 Å². The molecule has 0 amide bonds. The fourth-order valence-corrected chi connectivity index (χ4v) is 6.47. The predicted molar refractivity (Wildman–Crippen MR) is 129 cm³/mol. The van der Waals surface area contributed by atoms with Crippen molar-refractivity contribution in [1.29, 1.82) is 0 Å². The molecule has 1 saturated heterocycles. The van der Waals surface area contributed by atoms with Crippen molar-refractivity contribution in [1.82, 2.24) is 18.8 Å². The molecule has 1 N–H and O–H groups in total. The average molecular weight is 482 g/mol. The predicted octanol–water partition coefficient (Wildman–Crippen LogP) is 2.98. The normalized spacial score (nSPS) is 18.4. The molecule has 2 fully saturated rings. The molecule has 0 spiro atoms. The van der Waals surface area contributed by atoms with Crippen molar-refractivity contribution in [3.8, 4) is 0 Å². The smallest absolute Gasteiger partial charge is 0.252 e. The number of piperidine rings is 1. The van der Waals surface area contributed by atoms with Gasteiger partial charge in [0.05, 0.1) is 4.90 Å². The van der Waals surface area contributed by atoms with Crippen LogP contribution >= 0.6 is 0 Å². The van der Waals surface area contributed by atoms with Crippen LogP contribution in [0.3, 0.4) is 0 Å². The van der Waals surface area contributed by atoms with E-state index in [1.165, 1.54) is 16.4 Å². The van der Waals surface area contributed by atoms with E-state index in [-0.39, 0.29) is 22.5 Å². The van der Waals surface area contributed by atoms with Gasteiger partial charge >= 0.3 is 0 Å². The van der Waals surface area contributed by atoms with E-state index in [2.05, 4.69) is 15.3 Å². The van der Waals surface area contributed by atoms with E-state index in [9.17, 15) is 18.0 Å². The van der Waals surface area contributed by atoms with Gasteiger partial charge in [-0.15, -0.1) is 0 Å². The second-order valence-corrected chi connectivity index (χ2v) is 10.9. The fraction of sp³-hybridized carbons (Fsp3) is 0.417. The number of nitrogens with one attached hydrogen (secondary N) is 1. The van der Waals surface area contributed by atoms with Crippen molar-refractivity contribution in [2.45, 2.75) is 55.5 Å². The topological polar surface area (TPSA) is 114 Å². The molecule has 9 nitrogen and oxygen atoms in total. The number of nitrogens with zero attached hydrogens (tertiary/aromatic N) is 4. The summed E-state index contributed by atoms with van der Waals surface area (Å²) >= 11 is 0. The number of sulfonamides is 1. The van der Waals surface area contributed by atoms with Crippen LogP contribution < -0.4 is 10.9 Å². The first-order chi connectivity index (χ1) is 16.5.